The standard InChI is InChI=1S/C18H23FN2O6/c1-11(2)20-15(22)9-27-13-5-4-12(8-14(13)26-3)16(23)21-7-6-18(19,10-21)17(24)25/h4-5,8,11H,6-7,9-10H2,1-3H3,(H,20,22)(H,24,25). The van der Waals surface area contributed by atoms with Gasteiger partial charge in [0.25, 0.3) is 11.8 Å². The molecule has 2 rings (SSSR count). The predicted molar refractivity (Wildman–Crippen MR) is 93.8 cm³/mol. The lowest BCUT2D eigenvalue weighted by molar-refractivity contribution is -0.149. The number of halogens is 1. The molecule has 1 saturated heterocycles. The zero-order chi connectivity index (χ0) is 20.2. The van der Waals surface area contributed by atoms with Crippen LogP contribution in [0.15, 0.2) is 18.2 Å². The molecule has 1 atom stereocenters. The first-order chi connectivity index (χ1) is 12.7. The minimum Gasteiger partial charge on any atom is -0.493 e. The molecule has 1 aromatic carbocycles. The van der Waals surface area contributed by atoms with Crippen LogP contribution in [0, 0.1) is 0 Å². The second-order valence-corrected chi connectivity index (χ2v) is 6.62. The molecule has 148 valence electrons. The summed E-state index contributed by atoms with van der Waals surface area (Å²) in [5.41, 5.74) is -2.22. The first kappa shape index (κ1) is 20.5. The normalized spacial score (nSPS) is 19.1. The molecule has 1 aliphatic rings. The van der Waals surface area contributed by atoms with E-state index in [9.17, 15) is 18.8 Å². The van der Waals surface area contributed by atoms with Gasteiger partial charge in [-0.05, 0) is 32.0 Å². The zero-order valence-electron chi connectivity index (χ0n) is 15.5. The molecule has 1 heterocycles. The van der Waals surface area contributed by atoms with Crippen LogP contribution in [0.3, 0.4) is 0 Å². The number of hydrogen-bond acceptors (Lipinski definition) is 5. The van der Waals surface area contributed by atoms with Crippen LogP contribution in [0.1, 0.15) is 30.6 Å². The topological polar surface area (TPSA) is 105 Å². The molecule has 1 aliphatic heterocycles. The molecule has 1 unspecified atom stereocenters. The number of carbonyl (C=O) groups is 3. The van der Waals surface area contributed by atoms with Crippen molar-refractivity contribution in [1.29, 1.82) is 0 Å². The first-order valence-electron chi connectivity index (χ1n) is 8.48. The number of aliphatic carboxylic acids is 1. The van der Waals surface area contributed by atoms with Gasteiger partial charge >= 0.3 is 5.97 Å². The van der Waals surface area contributed by atoms with Gasteiger partial charge in [-0.2, -0.15) is 0 Å². The minimum absolute atomic E-state index is 0.0115. The highest BCUT2D eigenvalue weighted by Crippen LogP contribution is 2.31. The maximum Gasteiger partial charge on any atom is 0.343 e. The second kappa shape index (κ2) is 8.24. The summed E-state index contributed by atoms with van der Waals surface area (Å²) >= 11 is 0. The van der Waals surface area contributed by atoms with Crippen molar-refractivity contribution in [3.05, 3.63) is 23.8 Å². The fourth-order valence-electron chi connectivity index (χ4n) is 2.73. The van der Waals surface area contributed by atoms with E-state index in [1.807, 2.05) is 13.8 Å². The van der Waals surface area contributed by atoms with Crippen LogP contribution in [0.5, 0.6) is 11.5 Å². The summed E-state index contributed by atoms with van der Waals surface area (Å²) in [5, 5.41) is 11.6. The third kappa shape index (κ3) is 4.87. The van der Waals surface area contributed by atoms with Gasteiger partial charge in [0, 0.05) is 24.6 Å². The highest BCUT2D eigenvalue weighted by Gasteiger charge is 2.47. The van der Waals surface area contributed by atoms with E-state index in [0.717, 1.165) is 4.90 Å². The number of nitrogens with zero attached hydrogens (tertiary/aromatic N) is 1. The number of likely N-dealkylation sites (tertiary alicyclic amines) is 1. The highest BCUT2D eigenvalue weighted by molar-refractivity contribution is 5.96. The molecule has 27 heavy (non-hydrogen) atoms. The van der Waals surface area contributed by atoms with Crippen molar-refractivity contribution in [3.63, 3.8) is 0 Å². The molecular weight excluding hydrogens is 359 g/mol. The van der Waals surface area contributed by atoms with Crippen molar-refractivity contribution in [2.24, 2.45) is 0 Å². The van der Waals surface area contributed by atoms with Gasteiger partial charge in [0.2, 0.25) is 5.67 Å². The Labute approximate surface area is 156 Å². The molecule has 8 nitrogen and oxygen atoms in total. The third-order valence-electron chi connectivity index (χ3n) is 4.11. The van der Waals surface area contributed by atoms with Crippen LogP contribution < -0.4 is 14.8 Å². The van der Waals surface area contributed by atoms with Crippen LogP contribution in [0.25, 0.3) is 0 Å². The van der Waals surface area contributed by atoms with Crippen molar-refractivity contribution in [1.82, 2.24) is 10.2 Å². The van der Waals surface area contributed by atoms with Gasteiger partial charge in [0.05, 0.1) is 13.7 Å². The lowest BCUT2D eigenvalue weighted by atomic mass is 10.1. The maximum atomic E-state index is 14.2. The Morgan fingerprint density at radius 1 is 1.33 bits per heavy atom. The molecular formula is C18H23FN2O6. The van der Waals surface area contributed by atoms with Gasteiger partial charge in [-0.25, -0.2) is 9.18 Å². The minimum atomic E-state index is -2.42. The zero-order valence-corrected chi connectivity index (χ0v) is 15.5. The molecule has 0 aliphatic carbocycles. The number of amides is 2. The second-order valence-electron chi connectivity index (χ2n) is 6.62. The van der Waals surface area contributed by atoms with Crippen molar-refractivity contribution in [2.45, 2.75) is 32.0 Å². The predicted octanol–water partition coefficient (Wildman–Crippen LogP) is 1.24. The van der Waals surface area contributed by atoms with Crippen LogP contribution in [-0.2, 0) is 9.59 Å². The van der Waals surface area contributed by atoms with Crippen molar-refractivity contribution in [2.75, 3.05) is 26.8 Å². The molecule has 1 aromatic rings. The van der Waals surface area contributed by atoms with E-state index in [1.54, 1.807) is 0 Å². The molecule has 1 fully saturated rings. The number of carboxylic acids is 1. The molecule has 0 aromatic heterocycles. The van der Waals surface area contributed by atoms with Crippen molar-refractivity contribution < 1.29 is 33.4 Å². The number of methoxy groups -OCH3 is 1. The highest BCUT2D eigenvalue weighted by atomic mass is 19.1. The van der Waals surface area contributed by atoms with Crippen molar-refractivity contribution >= 4 is 17.8 Å². The SMILES string of the molecule is COc1cc(C(=O)N2CCC(F)(C(=O)O)C2)ccc1OCC(=O)NC(C)C. The number of carboxylic acid groups (broad SMARTS) is 1. The number of nitrogens with one attached hydrogen (secondary N) is 1. The van der Waals surface area contributed by atoms with Gasteiger partial charge in [-0.3, -0.25) is 9.59 Å². The van der Waals surface area contributed by atoms with E-state index in [2.05, 4.69) is 5.32 Å². The first-order valence-corrected chi connectivity index (χ1v) is 8.48. The average Bonchev–Trinajstić information content (AvgIpc) is 3.02. The monoisotopic (exact) mass is 382 g/mol. The number of carbonyl (C=O) groups excluding carboxylic acids is 2. The summed E-state index contributed by atoms with van der Waals surface area (Å²) < 4.78 is 24.8. The van der Waals surface area contributed by atoms with Gasteiger partial charge in [-0.1, -0.05) is 0 Å². The van der Waals surface area contributed by atoms with Crippen LogP contribution in [0.4, 0.5) is 4.39 Å². The largest absolute Gasteiger partial charge is 0.493 e. The number of alkyl halides is 1. The number of benzene rings is 1. The Balaban J connectivity index is 2.08. The van der Waals surface area contributed by atoms with E-state index < -0.39 is 24.1 Å². The number of hydrogen-bond donors (Lipinski definition) is 2. The average molecular weight is 382 g/mol. The van der Waals surface area contributed by atoms with E-state index in [-0.39, 0.29) is 48.6 Å². The fourth-order valence-corrected chi connectivity index (χ4v) is 2.73. The summed E-state index contributed by atoms with van der Waals surface area (Å²) in [6.45, 7) is 2.95. The quantitative estimate of drug-likeness (QED) is 0.735. The van der Waals surface area contributed by atoms with Gasteiger partial charge in [0.15, 0.2) is 18.1 Å². The lowest BCUT2D eigenvalue weighted by Gasteiger charge is -2.19. The van der Waals surface area contributed by atoms with Gasteiger partial charge in [0.1, 0.15) is 0 Å². The number of ether oxygens (including phenoxy) is 2. The summed E-state index contributed by atoms with van der Waals surface area (Å²) in [5.74, 6) is -1.85. The molecule has 0 radical (unpaired) electrons. The Bertz CT molecular complexity index is 739. The number of rotatable bonds is 7. The Morgan fingerprint density at radius 2 is 2.04 bits per heavy atom. The van der Waals surface area contributed by atoms with Crippen LogP contribution >= 0.6 is 0 Å². The molecule has 0 bridgehead atoms. The molecule has 0 saturated carbocycles. The molecule has 0 spiro atoms. The van der Waals surface area contributed by atoms with E-state index in [0.29, 0.717) is 0 Å². The van der Waals surface area contributed by atoms with Crippen LogP contribution in [-0.4, -0.2) is 66.3 Å². The van der Waals surface area contributed by atoms with Crippen LogP contribution in [0.2, 0.25) is 0 Å². The maximum absolute atomic E-state index is 14.2. The van der Waals surface area contributed by atoms with Crippen molar-refractivity contribution in [3.8, 4) is 11.5 Å². The third-order valence-corrected chi connectivity index (χ3v) is 4.11. The summed E-state index contributed by atoms with van der Waals surface area (Å²) in [6, 6.07) is 4.33. The van der Waals surface area contributed by atoms with E-state index >= 15 is 0 Å². The summed E-state index contributed by atoms with van der Waals surface area (Å²) in [4.78, 5) is 36.3. The smallest absolute Gasteiger partial charge is 0.343 e. The molecule has 2 N–H and O–H groups in total. The van der Waals surface area contributed by atoms with E-state index in [4.69, 9.17) is 14.6 Å². The summed E-state index contributed by atoms with van der Waals surface area (Å²) in [7, 11) is 1.39. The Hall–Kier alpha value is -2.84. The summed E-state index contributed by atoms with van der Waals surface area (Å²) in [6.07, 6.45) is -0.253. The van der Waals surface area contributed by atoms with E-state index in [1.165, 1.54) is 25.3 Å². The lowest BCUT2D eigenvalue weighted by Crippen LogP contribution is -2.38. The fraction of sp³-hybridized carbons (Fsp3) is 0.500. The Morgan fingerprint density at radius 3 is 2.59 bits per heavy atom. The molecule has 9 heteroatoms. The molecule has 2 amide bonds. The van der Waals surface area contributed by atoms with Gasteiger partial charge < -0.3 is 24.8 Å². The Kier molecular flexibility index (Phi) is 6.24. The van der Waals surface area contributed by atoms with Gasteiger partial charge in [-0.15, -0.1) is 0 Å².